The highest BCUT2D eigenvalue weighted by Gasteiger charge is 2.58. The molecule has 3 aromatic rings. The summed E-state index contributed by atoms with van der Waals surface area (Å²) >= 11 is 0. The number of piperidine rings is 1. The highest BCUT2D eigenvalue weighted by Crippen LogP contribution is 2.59. The molecule has 35 heavy (non-hydrogen) atoms. The van der Waals surface area contributed by atoms with Crippen molar-refractivity contribution in [3.05, 3.63) is 53.7 Å². The molecule has 2 aromatic carbocycles. The molecule has 0 radical (unpaired) electrons. The van der Waals surface area contributed by atoms with Crippen LogP contribution in [0.25, 0.3) is 10.9 Å². The Bertz CT molecular complexity index is 1200. The van der Waals surface area contributed by atoms with E-state index in [9.17, 15) is 4.79 Å². The van der Waals surface area contributed by atoms with Gasteiger partial charge in [-0.3, -0.25) is 9.69 Å². The molecule has 1 saturated heterocycles. The van der Waals surface area contributed by atoms with Gasteiger partial charge in [-0.15, -0.1) is 0 Å². The van der Waals surface area contributed by atoms with Gasteiger partial charge in [0.25, 0.3) is 0 Å². The third kappa shape index (κ3) is 4.69. The van der Waals surface area contributed by atoms with Crippen LogP contribution in [0.15, 0.2) is 42.6 Å². The Morgan fingerprint density at radius 1 is 1.03 bits per heavy atom. The van der Waals surface area contributed by atoms with E-state index in [0.717, 1.165) is 62.1 Å². The summed E-state index contributed by atoms with van der Waals surface area (Å²) in [4.78, 5) is 18.6. The number of hydrogen-bond donors (Lipinski definition) is 2. The van der Waals surface area contributed by atoms with Gasteiger partial charge in [-0.25, -0.2) is 0 Å². The highest BCUT2D eigenvalue weighted by molar-refractivity contribution is 5.84. The summed E-state index contributed by atoms with van der Waals surface area (Å²) in [5.74, 6) is 2.57. The van der Waals surface area contributed by atoms with Gasteiger partial charge in [0.1, 0.15) is 5.75 Å². The van der Waals surface area contributed by atoms with Gasteiger partial charge >= 0.3 is 0 Å². The smallest absolute Gasteiger partial charge is 0.223 e. The number of amides is 1. The maximum Gasteiger partial charge on any atom is 0.223 e. The zero-order valence-electron chi connectivity index (χ0n) is 20.9. The molecule has 7 heteroatoms. The number of aromatic amines is 1. The maximum absolute atomic E-state index is 12.9. The van der Waals surface area contributed by atoms with Crippen molar-refractivity contribution in [2.75, 3.05) is 41.0 Å². The van der Waals surface area contributed by atoms with Gasteiger partial charge in [-0.2, -0.15) is 0 Å². The minimum atomic E-state index is 0.156. The number of likely N-dealkylation sites (tertiary alicyclic amines) is 1. The normalized spacial score (nSPS) is 19.0. The number of para-hydroxylation sites is 1. The van der Waals surface area contributed by atoms with E-state index in [1.165, 1.54) is 10.9 Å². The summed E-state index contributed by atoms with van der Waals surface area (Å²) in [5, 5.41) is 4.44. The fourth-order valence-electron chi connectivity index (χ4n) is 5.67. The Kier molecular flexibility index (Phi) is 6.60. The zero-order chi connectivity index (χ0) is 24.4. The Morgan fingerprint density at radius 2 is 1.74 bits per heavy atom. The van der Waals surface area contributed by atoms with Crippen LogP contribution in [-0.4, -0.2) is 56.8 Å². The molecule has 1 aromatic heterocycles. The van der Waals surface area contributed by atoms with Crippen LogP contribution in [0.5, 0.6) is 17.2 Å². The third-order valence-corrected chi connectivity index (χ3v) is 7.91. The van der Waals surface area contributed by atoms with Gasteiger partial charge in [-0.05, 0) is 61.9 Å². The van der Waals surface area contributed by atoms with E-state index in [2.05, 4.69) is 39.6 Å². The van der Waals surface area contributed by atoms with Crippen LogP contribution in [-0.2, 0) is 17.8 Å². The highest BCUT2D eigenvalue weighted by atomic mass is 16.5. The molecular weight excluding hydrogens is 442 g/mol. The van der Waals surface area contributed by atoms with Crippen LogP contribution in [0.2, 0.25) is 0 Å². The first-order valence-corrected chi connectivity index (χ1v) is 12.4. The number of methoxy groups -OCH3 is 3. The van der Waals surface area contributed by atoms with Gasteiger partial charge in [0.2, 0.25) is 5.91 Å². The molecule has 0 bridgehead atoms. The number of carbonyl (C=O) groups is 1. The fourth-order valence-corrected chi connectivity index (χ4v) is 5.67. The molecular formula is C28H35N3O4. The van der Waals surface area contributed by atoms with Gasteiger partial charge in [0.05, 0.1) is 21.3 Å². The summed E-state index contributed by atoms with van der Waals surface area (Å²) in [7, 11) is 4.96. The third-order valence-electron chi connectivity index (χ3n) is 7.91. The first-order chi connectivity index (χ1) is 17.1. The number of carbonyl (C=O) groups excluding carboxylic acids is 1. The Hall–Kier alpha value is -3.19. The number of ether oxygens (including phenoxy) is 3. The topological polar surface area (TPSA) is 75.8 Å². The summed E-state index contributed by atoms with van der Waals surface area (Å²) in [6.45, 7) is 3.44. The monoisotopic (exact) mass is 477 g/mol. The van der Waals surface area contributed by atoms with Gasteiger partial charge in [0.15, 0.2) is 11.5 Å². The summed E-state index contributed by atoms with van der Waals surface area (Å²) in [6, 6.07) is 12.2. The Morgan fingerprint density at radius 3 is 2.49 bits per heavy atom. The van der Waals surface area contributed by atoms with E-state index in [1.54, 1.807) is 21.3 Å². The van der Waals surface area contributed by atoms with Crippen LogP contribution < -0.4 is 19.5 Å². The number of H-pyrrole nitrogens is 1. The molecule has 1 aliphatic carbocycles. The standard InChI is InChI=1S/C28H35N3O4/c1-33-24-15-26(35-3)25(34-2)14-20(24)18-31-12-9-28(10-13-31)16-22(28)27(32)29-11-8-19-17-30-23-7-5-4-6-21(19)23/h4-7,14-15,17,22,30H,8-13,16,18H2,1-3H3,(H,29,32). The predicted molar refractivity (Wildman–Crippen MR) is 136 cm³/mol. The van der Waals surface area contributed by atoms with Crippen LogP contribution in [0.4, 0.5) is 0 Å². The number of fused-ring (bicyclic) bond motifs is 1. The number of aromatic nitrogens is 1. The maximum atomic E-state index is 12.9. The zero-order valence-corrected chi connectivity index (χ0v) is 20.9. The SMILES string of the molecule is COc1cc(OC)c(OC)cc1CN1CCC2(CC1)CC2C(=O)NCCc1c[nH]c2ccccc12. The van der Waals surface area contributed by atoms with Crippen molar-refractivity contribution in [2.45, 2.75) is 32.2 Å². The largest absolute Gasteiger partial charge is 0.496 e. The average Bonchev–Trinajstić information content (AvgIpc) is 3.44. The van der Waals surface area contributed by atoms with Gasteiger partial charge < -0.3 is 24.5 Å². The lowest BCUT2D eigenvalue weighted by Crippen LogP contribution is -2.37. The first kappa shape index (κ1) is 23.5. The number of nitrogens with zero attached hydrogens (tertiary/aromatic N) is 1. The molecule has 1 atom stereocenters. The van der Waals surface area contributed by atoms with Crippen molar-refractivity contribution in [3.63, 3.8) is 0 Å². The fraction of sp³-hybridized carbons (Fsp3) is 0.464. The first-order valence-electron chi connectivity index (χ1n) is 12.4. The lowest BCUT2D eigenvalue weighted by Gasteiger charge is -2.33. The molecule has 2 aliphatic rings. The van der Waals surface area contributed by atoms with Crippen molar-refractivity contribution in [1.82, 2.24) is 15.2 Å². The summed E-state index contributed by atoms with van der Waals surface area (Å²) in [5.41, 5.74) is 3.67. The van der Waals surface area contributed by atoms with Crippen molar-refractivity contribution >= 4 is 16.8 Å². The van der Waals surface area contributed by atoms with E-state index in [-0.39, 0.29) is 17.2 Å². The molecule has 1 amide bonds. The minimum Gasteiger partial charge on any atom is -0.496 e. The van der Waals surface area contributed by atoms with Crippen LogP contribution in [0.3, 0.4) is 0 Å². The molecule has 2 N–H and O–H groups in total. The second-order valence-corrected chi connectivity index (χ2v) is 9.81. The number of rotatable bonds is 9. The van der Waals surface area contributed by atoms with E-state index in [0.29, 0.717) is 18.0 Å². The van der Waals surface area contributed by atoms with Crippen molar-refractivity contribution in [2.24, 2.45) is 11.3 Å². The lowest BCUT2D eigenvalue weighted by atomic mass is 9.90. The predicted octanol–water partition coefficient (Wildman–Crippen LogP) is 4.15. The molecule has 2 fully saturated rings. The van der Waals surface area contributed by atoms with Crippen LogP contribution in [0, 0.1) is 11.3 Å². The molecule has 2 heterocycles. The van der Waals surface area contributed by atoms with E-state index >= 15 is 0 Å². The average molecular weight is 478 g/mol. The molecule has 5 rings (SSSR count). The van der Waals surface area contributed by atoms with Crippen molar-refractivity contribution in [1.29, 1.82) is 0 Å². The molecule has 1 spiro atoms. The van der Waals surface area contributed by atoms with Crippen LogP contribution >= 0.6 is 0 Å². The number of hydrogen-bond acceptors (Lipinski definition) is 5. The van der Waals surface area contributed by atoms with Crippen molar-refractivity contribution < 1.29 is 19.0 Å². The lowest BCUT2D eigenvalue weighted by molar-refractivity contribution is -0.123. The molecule has 186 valence electrons. The quantitative estimate of drug-likeness (QED) is 0.484. The number of nitrogens with one attached hydrogen (secondary N) is 2. The van der Waals surface area contributed by atoms with Gasteiger partial charge in [0, 0.05) is 47.7 Å². The Balaban J connectivity index is 1.12. The second-order valence-electron chi connectivity index (χ2n) is 9.81. The summed E-state index contributed by atoms with van der Waals surface area (Å²) < 4.78 is 16.5. The van der Waals surface area contributed by atoms with Crippen LogP contribution in [0.1, 0.15) is 30.4 Å². The molecule has 1 unspecified atom stereocenters. The minimum absolute atomic E-state index is 0.156. The van der Waals surface area contributed by atoms with Crippen molar-refractivity contribution in [3.8, 4) is 17.2 Å². The molecule has 1 aliphatic heterocycles. The van der Waals surface area contributed by atoms with E-state index < -0.39 is 0 Å². The van der Waals surface area contributed by atoms with Gasteiger partial charge in [-0.1, -0.05) is 18.2 Å². The summed E-state index contributed by atoms with van der Waals surface area (Å²) in [6.07, 6.45) is 6.03. The Labute approximate surface area is 206 Å². The van der Waals surface area contributed by atoms with E-state index in [4.69, 9.17) is 14.2 Å². The molecule has 1 saturated carbocycles. The second kappa shape index (κ2) is 9.82. The molecule has 7 nitrogen and oxygen atoms in total. The number of benzene rings is 2. The van der Waals surface area contributed by atoms with E-state index in [1.807, 2.05) is 18.2 Å².